The fraction of sp³-hybridized carbons (Fsp3) is 0.212. The molecule has 196 valence electrons. The molecule has 4 aromatic rings. The summed E-state index contributed by atoms with van der Waals surface area (Å²) >= 11 is 0. The molecule has 39 heavy (non-hydrogen) atoms. The second kappa shape index (κ2) is 9.95. The number of carbonyl (C=O) groups excluding carboxylic acids is 2. The summed E-state index contributed by atoms with van der Waals surface area (Å²) in [5, 5.41) is 0. The molecule has 0 bridgehead atoms. The van der Waals surface area contributed by atoms with Gasteiger partial charge in [0.1, 0.15) is 23.0 Å². The molecule has 0 unspecified atom stereocenters. The number of rotatable bonds is 6. The standard InChI is InChI=1S/C33H28O6/c1-36-25-13-9-23(10-14-25)31(34)38-27-7-3-5-21-17-19-33(29(21)27)20-18-22-6-4-8-28(30(22)33)39-32(35)24-11-15-26(37-2)16-12-24/h3-16H,17-20H2,1-2H3. The van der Waals surface area contributed by atoms with Crippen molar-refractivity contribution in [3.63, 3.8) is 0 Å². The van der Waals surface area contributed by atoms with Crippen LogP contribution in [0.5, 0.6) is 23.0 Å². The van der Waals surface area contributed by atoms with Crippen LogP contribution >= 0.6 is 0 Å². The molecule has 0 aromatic heterocycles. The number of esters is 2. The Bertz CT molecular complexity index is 1430. The van der Waals surface area contributed by atoms with E-state index in [4.69, 9.17) is 18.9 Å². The van der Waals surface area contributed by atoms with Crippen molar-refractivity contribution in [3.05, 3.63) is 118 Å². The number of hydrogen-bond donors (Lipinski definition) is 0. The van der Waals surface area contributed by atoms with Gasteiger partial charge in [-0.2, -0.15) is 0 Å². The molecule has 0 radical (unpaired) electrons. The Balaban J connectivity index is 1.36. The maximum Gasteiger partial charge on any atom is 0.343 e. The summed E-state index contributed by atoms with van der Waals surface area (Å²) in [7, 11) is 3.17. The lowest BCUT2D eigenvalue weighted by molar-refractivity contribution is 0.0725. The number of carbonyl (C=O) groups is 2. The van der Waals surface area contributed by atoms with Crippen LogP contribution in [0.1, 0.15) is 55.8 Å². The molecule has 6 rings (SSSR count). The summed E-state index contributed by atoms with van der Waals surface area (Å²) in [6, 6.07) is 25.5. The first-order valence-electron chi connectivity index (χ1n) is 13.0. The van der Waals surface area contributed by atoms with E-state index in [-0.39, 0.29) is 0 Å². The molecule has 1 spiro atoms. The van der Waals surface area contributed by atoms with Crippen LogP contribution in [-0.4, -0.2) is 26.2 Å². The normalized spacial score (nSPS) is 14.4. The van der Waals surface area contributed by atoms with Gasteiger partial charge in [0.25, 0.3) is 0 Å². The Morgan fingerprint density at radius 1 is 0.590 bits per heavy atom. The summed E-state index contributed by atoms with van der Waals surface area (Å²) < 4.78 is 22.5. The molecular formula is C33H28O6. The second-order valence-corrected chi connectivity index (χ2v) is 9.90. The summed E-state index contributed by atoms with van der Waals surface area (Å²) in [6.07, 6.45) is 3.40. The van der Waals surface area contributed by atoms with Crippen molar-refractivity contribution < 1.29 is 28.5 Å². The summed E-state index contributed by atoms with van der Waals surface area (Å²) in [5.41, 5.74) is 4.82. The van der Waals surface area contributed by atoms with Gasteiger partial charge in [-0.05, 0) is 97.5 Å². The van der Waals surface area contributed by atoms with Gasteiger partial charge in [0.15, 0.2) is 0 Å². The molecule has 2 aliphatic rings. The number of ether oxygens (including phenoxy) is 4. The number of benzene rings is 4. The minimum absolute atomic E-state index is 0.405. The van der Waals surface area contributed by atoms with E-state index in [0.717, 1.165) is 47.9 Å². The molecule has 6 heteroatoms. The van der Waals surface area contributed by atoms with Crippen molar-refractivity contribution in [2.75, 3.05) is 14.2 Å². The van der Waals surface area contributed by atoms with Crippen LogP contribution < -0.4 is 18.9 Å². The zero-order valence-electron chi connectivity index (χ0n) is 21.9. The van der Waals surface area contributed by atoms with Gasteiger partial charge < -0.3 is 18.9 Å². The number of methoxy groups -OCH3 is 2. The first-order valence-corrected chi connectivity index (χ1v) is 13.0. The fourth-order valence-electron chi connectivity index (χ4n) is 6.04. The third kappa shape index (κ3) is 4.32. The van der Waals surface area contributed by atoms with Crippen molar-refractivity contribution in [1.82, 2.24) is 0 Å². The van der Waals surface area contributed by atoms with E-state index in [2.05, 4.69) is 12.1 Å². The molecule has 0 heterocycles. The topological polar surface area (TPSA) is 71.1 Å². The van der Waals surface area contributed by atoms with E-state index in [1.54, 1.807) is 62.8 Å². The molecule has 0 atom stereocenters. The number of fused-ring (bicyclic) bond motifs is 4. The van der Waals surface area contributed by atoms with Crippen LogP contribution in [0.4, 0.5) is 0 Å². The molecule has 0 fully saturated rings. The summed E-state index contributed by atoms with van der Waals surface area (Å²) in [5.74, 6) is 1.59. The van der Waals surface area contributed by atoms with Crippen LogP contribution in [0.15, 0.2) is 84.9 Å². The van der Waals surface area contributed by atoms with E-state index in [0.29, 0.717) is 34.1 Å². The third-order valence-electron chi connectivity index (χ3n) is 7.88. The van der Waals surface area contributed by atoms with Crippen molar-refractivity contribution in [1.29, 1.82) is 0 Å². The summed E-state index contributed by atoms with van der Waals surface area (Å²) in [4.78, 5) is 26.3. The lowest BCUT2D eigenvalue weighted by atomic mass is 9.76. The summed E-state index contributed by atoms with van der Waals surface area (Å²) in [6.45, 7) is 0. The Kier molecular flexibility index (Phi) is 6.31. The maximum absolute atomic E-state index is 13.1. The predicted molar refractivity (Wildman–Crippen MR) is 146 cm³/mol. The van der Waals surface area contributed by atoms with Crippen LogP contribution in [0.25, 0.3) is 0 Å². The van der Waals surface area contributed by atoms with E-state index >= 15 is 0 Å². The van der Waals surface area contributed by atoms with Crippen LogP contribution in [-0.2, 0) is 18.3 Å². The van der Waals surface area contributed by atoms with Gasteiger partial charge in [-0.3, -0.25) is 0 Å². The smallest absolute Gasteiger partial charge is 0.343 e. The Hall–Kier alpha value is -4.58. The monoisotopic (exact) mass is 520 g/mol. The first-order chi connectivity index (χ1) is 19.0. The molecular weight excluding hydrogens is 492 g/mol. The Labute approximate surface area is 227 Å². The minimum Gasteiger partial charge on any atom is -0.497 e. The van der Waals surface area contributed by atoms with Gasteiger partial charge in [0.2, 0.25) is 0 Å². The highest BCUT2D eigenvalue weighted by Crippen LogP contribution is 2.57. The van der Waals surface area contributed by atoms with Gasteiger partial charge in [-0.25, -0.2) is 9.59 Å². The van der Waals surface area contributed by atoms with Gasteiger partial charge >= 0.3 is 11.9 Å². The highest BCUT2D eigenvalue weighted by Gasteiger charge is 2.49. The average Bonchev–Trinajstić information content (AvgIpc) is 3.55. The molecule has 4 aromatic carbocycles. The maximum atomic E-state index is 13.1. The van der Waals surface area contributed by atoms with Gasteiger partial charge in [-0.1, -0.05) is 24.3 Å². The molecule has 0 saturated carbocycles. The first kappa shape index (κ1) is 24.7. The molecule has 6 nitrogen and oxygen atoms in total. The Morgan fingerprint density at radius 3 is 1.38 bits per heavy atom. The van der Waals surface area contributed by atoms with E-state index in [1.807, 2.05) is 24.3 Å². The lowest BCUT2D eigenvalue weighted by Crippen LogP contribution is -2.24. The van der Waals surface area contributed by atoms with Crippen molar-refractivity contribution in [2.45, 2.75) is 31.1 Å². The highest BCUT2D eigenvalue weighted by atomic mass is 16.5. The zero-order valence-corrected chi connectivity index (χ0v) is 21.9. The van der Waals surface area contributed by atoms with Crippen LogP contribution in [0.2, 0.25) is 0 Å². The Morgan fingerprint density at radius 2 is 1.00 bits per heavy atom. The second-order valence-electron chi connectivity index (χ2n) is 9.90. The van der Waals surface area contributed by atoms with Crippen molar-refractivity contribution in [3.8, 4) is 23.0 Å². The van der Waals surface area contributed by atoms with Gasteiger partial charge in [-0.15, -0.1) is 0 Å². The number of hydrogen-bond acceptors (Lipinski definition) is 6. The quantitative estimate of drug-likeness (QED) is 0.219. The fourth-order valence-corrected chi connectivity index (χ4v) is 6.04. The minimum atomic E-state index is -0.425. The molecule has 0 amide bonds. The molecule has 0 aliphatic heterocycles. The van der Waals surface area contributed by atoms with E-state index in [1.165, 1.54) is 0 Å². The van der Waals surface area contributed by atoms with Crippen LogP contribution in [0, 0.1) is 0 Å². The molecule has 0 saturated heterocycles. The van der Waals surface area contributed by atoms with E-state index < -0.39 is 17.4 Å². The lowest BCUT2D eigenvalue weighted by Gasteiger charge is -2.29. The number of aryl methyl sites for hydroxylation is 2. The van der Waals surface area contributed by atoms with Gasteiger partial charge in [0, 0.05) is 16.5 Å². The van der Waals surface area contributed by atoms with E-state index in [9.17, 15) is 9.59 Å². The molecule has 0 N–H and O–H groups in total. The van der Waals surface area contributed by atoms with Crippen molar-refractivity contribution in [2.24, 2.45) is 0 Å². The van der Waals surface area contributed by atoms with Crippen LogP contribution in [0.3, 0.4) is 0 Å². The highest BCUT2D eigenvalue weighted by molar-refractivity contribution is 5.92. The van der Waals surface area contributed by atoms with Crippen molar-refractivity contribution >= 4 is 11.9 Å². The predicted octanol–water partition coefficient (Wildman–Crippen LogP) is 6.32. The largest absolute Gasteiger partial charge is 0.497 e. The molecule has 2 aliphatic carbocycles. The SMILES string of the molecule is COc1ccc(C(=O)Oc2cccc3c2C2(CC3)CCc3cccc(OC(=O)c4ccc(OC)cc4)c32)cc1. The zero-order chi connectivity index (χ0) is 27.0. The average molecular weight is 521 g/mol. The third-order valence-corrected chi connectivity index (χ3v) is 7.88. The van der Waals surface area contributed by atoms with Gasteiger partial charge in [0.05, 0.1) is 25.3 Å².